The van der Waals surface area contributed by atoms with E-state index in [-0.39, 0.29) is 10.6 Å². The van der Waals surface area contributed by atoms with Crippen LogP contribution in [0.15, 0.2) is 91.0 Å². The van der Waals surface area contributed by atoms with E-state index in [4.69, 9.17) is 0 Å². The molecule has 0 spiro atoms. The van der Waals surface area contributed by atoms with Crippen LogP contribution in [-0.4, -0.2) is 4.92 Å². The van der Waals surface area contributed by atoms with Crippen molar-refractivity contribution in [2.24, 2.45) is 0 Å². The molecule has 4 rings (SSSR count). The molecule has 0 bridgehead atoms. The van der Waals surface area contributed by atoms with Crippen molar-refractivity contribution in [3.8, 4) is 33.4 Å². The van der Waals surface area contributed by atoms with Crippen molar-refractivity contribution in [2.75, 3.05) is 0 Å². The number of hydrogen-bond acceptors (Lipinski definition) is 2. The van der Waals surface area contributed by atoms with Crippen LogP contribution in [0.5, 0.6) is 0 Å². The number of hydrogen-bond donors (Lipinski definition) is 0. The van der Waals surface area contributed by atoms with Gasteiger partial charge < -0.3 is 0 Å². The van der Waals surface area contributed by atoms with Crippen LogP contribution in [0.3, 0.4) is 0 Å². The van der Waals surface area contributed by atoms with Gasteiger partial charge >= 0.3 is 0 Å². The zero-order chi connectivity index (χ0) is 22.0. The molecule has 0 aromatic heterocycles. The monoisotopic (exact) mass is 407 g/mol. The summed E-state index contributed by atoms with van der Waals surface area (Å²) in [7, 11) is 0. The molecule has 0 fully saturated rings. The number of nitrogens with zero attached hydrogens (tertiary/aromatic N) is 1. The second-order valence-electron chi connectivity index (χ2n) is 8.21. The smallest absolute Gasteiger partial charge is 0.258 e. The third kappa shape index (κ3) is 4.41. The van der Waals surface area contributed by atoms with Gasteiger partial charge in [0, 0.05) is 6.07 Å². The van der Waals surface area contributed by atoms with E-state index in [1.54, 1.807) is 6.07 Å². The molecule has 0 unspecified atom stereocenters. The maximum absolute atomic E-state index is 11.8. The predicted octanol–water partition coefficient (Wildman–Crippen LogP) is 8.03. The Hall–Kier alpha value is -3.72. The minimum atomic E-state index is -0.296. The van der Waals surface area contributed by atoms with Crippen molar-refractivity contribution in [3.05, 3.63) is 112 Å². The van der Waals surface area contributed by atoms with E-state index in [2.05, 4.69) is 57.2 Å². The van der Waals surface area contributed by atoms with E-state index in [9.17, 15) is 10.1 Å². The molecule has 0 atom stereocenters. The Bertz CT molecular complexity index is 1210. The van der Waals surface area contributed by atoms with E-state index in [1.165, 1.54) is 11.1 Å². The van der Waals surface area contributed by atoms with Crippen LogP contribution in [0, 0.1) is 17.0 Å². The van der Waals surface area contributed by atoms with E-state index >= 15 is 0 Å². The predicted molar refractivity (Wildman–Crippen MR) is 128 cm³/mol. The van der Waals surface area contributed by atoms with Crippen LogP contribution in [-0.2, 0) is 0 Å². The number of nitro benzene ring substituents is 1. The molecule has 0 heterocycles. The van der Waals surface area contributed by atoms with Crippen molar-refractivity contribution in [2.45, 2.75) is 26.7 Å². The Morgan fingerprint density at radius 3 is 1.65 bits per heavy atom. The van der Waals surface area contributed by atoms with Crippen LogP contribution < -0.4 is 0 Å². The third-order valence-electron chi connectivity index (χ3n) is 5.69. The summed E-state index contributed by atoms with van der Waals surface area (Å²) < 4.78 is 0. The highest BCUT2D eigenvalue weighted by Crippen LogP contribution is 2.35. The lowest BCUT2D eigenvalue weighted by molar-refractivity contribution is -0.384. The first-order valence-electron chi connectivity index (χ1n) is 10.5. The summed E-state index contributed by atoms with van der Waals surface area (Å²) in [6.07, 6.45) is 0. The summed E-state index contributed by atoms with van der Waals surface area (Å²) in [6.45, 7) is 6.37. The summed E-state index contributed by atoms with van der Waals surface area (Å²) in [6, 6.07) is 30.0. The number of benzene rings is 4. The fraction of sp³-hybridized carbons (Fsp3) is 0.143. The molecule has 0 saturated heterocycles. The Morgan fingerprint density at radius 2 is 1.10 bits per heavy atom. The van der Waals surface area contributed by atoms with Crippen LogP contribution in [0.4, 0.5) is 5.69 Å². The highest BCUT2D eigenvalue weighted by molar-refractivity contribution is 5.80. The van der Waals surface area contributed by atoms with Crippen molar-refractivity contribution < 1.29 is 4.92 Å². The van der Waals surface area contributed by atoms with Gasteiger partial charge in [0.15, 0.2) is 0 Å². The minimum absolute atomic E-state index is 0.119. The molecule has 3 heteroatoms. The maximum atomic E-state index is 11.8. The Morgan fingerprint density at radius 1 is 0.645 bits per heavy atom. The summed E-state index contributed by atoms with van der Waals surface area (Å²) in [5, 5.41) is 11.8. The zero-order valence-electron chi connectivity index (χ0n) is 18.0. The van der Waals surface area contributed by atoms with Crippen LogP contribution in [0.25, 0.3) is 33.4 Å². The number of rotatable bonds is 5. The molecule has 0 saturated carbocycles. The van der Waals surface area contributed by atoms with E-state index in [1.807, 2.05) is 48.5 Å². The number of nitro groups is 1. The molecule has 0 radical (unpaired) electrons. The van der Waals surface area contributed by atoms with E-state index in [0.717, 1.165) is 27.8 Å². The average Bonchev–Trinajstić information content (AvgIpc) is 2.79. The number of aryl methyl sites for hydroxylation is 1. The molecule has 154 valence electrons. The van der Waals surface area contributed by atoms with Crippen molar-refractivity contribution >= 4 is 5.69 Å². The third-order valence-corrected chi connectivity index (χ3v) is 5.69. The molecule has 31 heavy (non-hydrogen) atoms. The lowest BCUT2D eigenvalue weighted by Crippen LogP contribution is -1.93. The molecular formula is C28H25NO2. The summed E-state index contributed by atoms with van der Waals surface area (Å²) >= 11 is 0. The van der Waals surface area contributed by atoms with Crippen molar-refractivity contribution in [3.63, 3.8) is 0 Å². The fourth-order valence-electron chi connectivity index (χ4n) is 3.76. The van der Waals surface area contributed by atoms with E-state index in [0.29, 0.717) is 11.5 Å². The Balaban J connectivity index is 1.68. The summed E-state index contributed by atoms with van der Waals surface area (Å²) in [5.41, 5.74) is 8.11. The lowest BCUT2D eigenvalue weighted by atomic mass is 9.95. The van der Waals surface area contributed by atoms with Gasteiger partial charge in [-0.15, -0.1) is 0 Å². The highest BCUT2D eigenvalue weighted by Gasteiger charge is 2.17. The quantitative estimate of drug-likeness (QED) is 0.248. The van der Waals surface area contributed by atoms with Gasteiger partial charge in [0.25, 0.3) is 5.69 Å². The van der Waals surface area contributed by atoms with Crippen LogP contribution >= 0.6 is 0 Å². The molecular weight excluding hydrogens is 382 g/mol. The summed E-state index contributed by atoms with van der Waals surface area (Å²) in [5.74, 6) is 0.452. The molecule has 4 aromatic rings. The summed E-state index contributed by atoms with van der Waals surface area (Å²) in [4.78, 5) is 11.6. The zero-order valence-corrected chi connectivity index (χ0v) is 18.0. The normalized spacial score (nSPS) is 11.0. The molecule has 0 aliphatic carbocycles. The Labute approximate surface area is 183 Å². The first-order valence-corrected chi connectivity index (χ1v) is 10.5. The van der Waals surface area contributed by atoms with Gasteiger partial charge in [-0.2, -0.15) is 0 Å². The topological polar surface area (TPSA) is 43.1 Å². The van der Waals surface area contributed by atoms with Crippen molar-refractivity contribution in [1.82, 2.24) is 0 Å². The largest absolute Gasteiger partial charge is 0.277 e. The van der Waals surface area contributed by atoms with Gasteiger partial charge in [-0.1, -0.05) is 98.3 Å². The Kier molecular flexibility index (Phi) is 5.68. The molecule has 0 amide bonds. The first-order chi connectivity index (χ1) is 14.9. The average molecular weight is 408 g/mol. The highest BCUT2D eigenvalue weighted by atomic mass is 16.6. The molecule has 3 nitrogen and oxygen atoms in total. The van der Waals surface area contributed by atoms with Crippen LogP contribution in [0.1, 0.15) is 30.9 Å². The van der Waals surface area contributed by atoms with Crippen molar-refractivity contribution in [1.29, 1.82) is 0 Å². The minimum Gasteiger partial charge on any atom is -0.258 e. The second kappa shape index (κ2) is 8.57. The van der Waals surface area contributed by atoms with Gasteiger partial charge in [-0.05, 0) is 52.3 Å². The molecule has 0 aliphatic heterocycles. The standard InChI is InChI=1S/C28H25NO2/c1-19(2)21-8-10-24(11-9-21)26-16-17-27(28(18-26)29(30)31)25-14-12-23(13-15-25)22-6-4-20(3)5-7-22/h4-19H,1-3H3. The van der Waals surface area contributed by atoms with Gasteiger partial charge in [-0.3, -0.25) is 10.1 Å². The van der Waals surface area contributed by atoms with E-state index < -0.39 is 0 Å². The van der Waals surface area contributed by atoms with Gasteiger partial charge in [0.1, 0.15) is 0 Å². The molecule has 0 N–H and O–H groups in total. The second-order valence-corrected chi connectivity index (χ2v) is 8.21. The lowest BCUT2D eigenvalue weighted by Gasteiger charge is -2.10. The molecule has 4 aromatic carbocycles. The van der Waals surface area contributed by atoms with Crippen LogP contribution in [0.2, 0.25) is 0 Å². The first kappa shape index (κ1) is 20.5. The van der Waals surface area contributed by atoms with Gasteiger partial charge in [0.2, 0.25) is 0 Å². The van der Waals surface area contributed by atoms with Gasteiger partial charge in [-0.25, -0.2) is 0 Å². The maximum Gasteiger partial charge on any atom is 0.277 e. The SMILES string of the molecule is Cc1ccc(-c2ccc(-c3ccc(-c4ccc(C(C)C)cc4)cc3[N+](=O)[O-])cc2)cc1. The van der Waals surface area contributed by atoms with Gasteiger partial charge in [0.05, 0.1) is 10.5 Å². The molecule has 0 aliphatic rings. The fourth-order valence-corrected chi connectivity index (χ4v) is 3.76.